The second kappa shape index (κ2) is 10.7. The molecule has 0 aliphatic heterocycles. The molecule has 0 atom stereocenters. The third-order valence-electron chi connectivity index (χ3n) is 3.68. The molecule has 0 radical (unpaired) electrons. The standard InChI is InChI=1S/C19H28N4OS.HI/c1-14-12-22-17(25-14)13-23-18(20-5)21-10-11-24-16-8-6-15(7-9-16)19(2,3)4;/h6-9,12H,10-11,13H2,1-5H3,(H2,20,21,23);1H. The fourth-order valence-electron chi connectivity index (χ4n) is 2.25. The Bertz CT molecular complexity index is 692. The molecule has 2 N–H and O–H groups in total. The molecule has 0 fully saturated rings. The molecule has 1 aromatic carbocycles. The van der Waals surface area contributed by atoms with Gasteiger partial charge >= 0.3 is 0 Å². The van der Waals surface area contributed by atoms with Crippen molar-refractivity contribution in [2.24, 2.45) is 4.99 Å². The van der Waals surface area contributed by atoms with Gasteiger partial charge < -0.3 is 15.4 Å². The number of hydrogen-bond acceptors (Lipinski definition) is 4. The van der Waals surface area contributed by atoms with Gasteiger partial charge in [0.2, 0.25) is 0 Å². The molecule has 0 spiro atoms. The predicted molar refractivity (Wildman–Crippen MR) is 121 cm³/mol. The average Bonchev–Trinajstić information content (AvgIpc) is 2.99. The molecule has 7 heteroatoms. The largest absolute Gasteiger partial charge is 0.492 e. The highest BCUT2D eigenvalue weighted by Crippen LogP contribution is 2.24. The molecule has 26 heavy (non-hydrogen) atoms. The van der Waals surface area contributed by atoms with Crippen molar-refractivity contribution in [3.63, 3.8) is 0 Å². The summed E-state index contributed by atoms with van der Waals surface area (Å²) in [5.41, 5.74) is 1.47. The number of thiazole rings is 1. The lowest BCUT2D eigenvalue weighted by Crippen LogP contribution is -2.38. The van der Waals surface area contributed by atoms with Gasteiger partial charge in [0, 0.05) is 18.1 Å². The maximum absolute atomic E-state index is 5.78. The molecule has 0 aliphatic carbocycles. The Balaban J connectivity index is 0.00000338. The molecule has 144 valence electrons. The van der Waals surface area contributed by atoms with E-state index >= 15 is 0 Å². The van der Waals surface area contributed by atoms with Crippen molar-refractivity contribution in [2.45, 2.75) is 39.7 Å². The number of guanidine groups is 1. The average molecular weight is 488 g/mol. The van der Waals surface area contributed by atoms with Crippen molar-refractivity contribution in [1.29, 1.82) is 0 Å². The van der Waals surface area contributed by atoms with Gasteiger partial charge in [0.25, 0.3) is 0 Å². The van der Waals surface area contributed by atoms with Gasteiger partial charge in [-0.15, -0.1) is 35.3 Å². The number of hydrogen-bond donors (Lipinski definition) is 2. The first kappa shape index (κ1) is 22.7. The molecule has 0 saturated carbocycles. The van der Waals surface area contributed by atoms with Crippen LogP contribution in [0.4, 0.5) is 0 Å². The normalized spacial score (nSPS) is 11.7. The van der Waals surface area contributed by atoms with E-state index in [2.05, 4.69) is 60.4 Å². The highest BCUT2D eigenvalue weighted by atomic mass is 127. The van der Waals surface area contributed by atoms with Crippen molar-refractivity contribution in [1.82, 2.24) is 15.6 Å². The van der Waals surface area contributed by atoms with Gasteiger partial charge in [-0.05, 0) is 30.0 Å². The molecule has 5 nitrogen and oxygen atoms in total. The van der Waals surface area contributed by atoms with Gasteiger partial charge in [0.15, 0.2) is 5.96 Å². The van der Waals surface area contributed by atoms with E-state index in [9.17, 15) is 0 Å². The molecule has 1 aromatic heterocycles. The Morgan fingerprint density at radius 3 is 2.42 bits per heavy atom. The van der Waals surface area contributed by atoms with Crippen LogP contribution in [0.3, 0.4) is 0 Å². The van der Waals surface area contributed by atoms with E-state index < -0.39 is 0 Å². The Labute approximate surface area is 177 Å². The monoisotopic (exact) mass is 488 g/mol. The van der Waals surface area contributed by atoms with E-state index in [4.69, 9.17) is 4.74 Å². The van der Waals surface area contributed by atoms with Crippen LogP contribution in [-0.2, 0) is 12.0 Å². The zero-order valence-corrected chi connectivity index (χ0v) is 19.3. The first-order valence-electron chi connectivity index (χ1n) is 8.47. The van der Waals surface area contributed by atoms with Gasteiger partial charge in [0.05, 0.1) is 13.1 Å². The van der Waals surface area contributed by atoms with Crippen LogP contribution < -0.4 is 15.4 Å². The van der Waals surface area contributed by atoms with E-state index in [0.717, 1.165) is 16.7 Å². The second-order valence-corrected chi connectivity index (χ2v) is 8.16. The van der Waals surface area contributed by atoms with Crippen LogP contribution in [0.1, 0.15) is 36.2 Å². The molecule has 0 unspecified atom stereocenters. The highest BCUT2D eigenvalue weighted by Gasteiger charge is 2.12. The Kier molecular flexibility index (Phi) is 9.35. The Hall–Kier alpha value is -1.35. The minimum absolute atomic E-state index is 0. The molecule has 0 bridgehead atoms. The van der Waals surface area contributed by atoms with Gasteiger partial charge in [0.1, 0.15) is 17.4 Å². The minimum Gasteiger partial charge on any atom is -0.492 e. The summed E-state index contributed by atoms with van der Waals surface area (Å²) >= 11 is 1.69. The minimum atomic E-state index is 0. The van der Waals surface area contributed by atoms with Crippen molar-refractivity contribution in [2.75, 3.05) is 20.2 Å². The quantitative estimate of drug-likeness (QED) is 0.278. The zero-order valence-electron chi connectivity index (χ0n) is 16.1. The van der Waals surface area contributed by atoms with Crippen LogP contribution in [0.15, 0.2) is 35.5 Å². The first-order chi connectivity index (χ1) is 11.9. The smallest absolute Gasteiger partial charge is 0.191 e. The summed E-state index contributed by atoms with van der Waals surface area (Å²) in [4.78, 5) is 9.75. The third-order valence-corrected chi connectivity index (χ3v) is 4.60. The first-order valence-corrected chi connectivity index (χ1v) is 9.29. The number of aromatic nitrogens is 1. The Morgan fingerprint density at radius 1 is 1.19 bits per heavy atom. The Morgan fingerprint density at radius 2 is 1.88 bits per heavy atom. The van der Waals surface area contributed by atoms with Crippen LogP contribution >= 0.6 is 35.3 Å². The summed E-state index contributed by atoms with van der Waals surface area (Å²) in [6, 6.07) is 8.30. The molecular weight excluding hydrogens is 459 g/mol. The summed E-state index contributed by atoms with van der Waals surface area (Å²) in [7, 11) is 1.76. The van der Waals surface area contributed by atoms with Crippen LogP contribution in [0.5, 0.6) is 5.75 Å². The SMILES string of the molecule is CN=C(NCCOc1ccc(C(C)(C)C)cc1)NCc1ncc(C)s1.I. The fourth-order valence-corrected chi connectivity index (χ4v) is 2.98. The van der Waals surface area contributed by atoms with Gasteiger partial charge in [-0.2, -0.15) is 0 Å². The summed E-state index contributed by atoms with van der Waals surface area (Å²) in [5, 5.41) is 7.55. The number of rotatable bonds is 6. The number of benzene rings is 1. The summed E-state index contributed by atoms with van der Waals surface area (Å²) in [5.74, 6) is 1.63. The molecule has 1 heterocycles. The molecule has 0 aliphatic rings. The number of nitrogens with zero attached hydrogens (tertiary/aromatic N) is 2. The van der Waals surface area contributed by atoms with E-state index in [1.54, 1.807) is 18.4 Å². The fraction of sp³-hybridized carbons (Fsp3) is 0.474. The van der Waals surface area contributed by atoms with Crippen LogP contribution in [0, 0.1) is 6.92 Å². The van der Waals surface area contributed by atoms with Gasteiger partial charge in [-0.1, -0.05) is 32.9 Å². The topological polar surface area (TPSA) is 58.5 Å². The lowest BCUT2D eigenvalue weighted by atomic mass is 9.87. The highest BCUT2D eigenvalue weighted by molar-refractivity contribution is 14.0. The summed E-state index contributed by atoms with van der Waals surface area (Å²) in [6.45, 7) is 10.6. The number of aliphatic imine (C=N–C) groups is 1. The van der Waals surface area contributed by atoms with E-state index in [1.807, 2.05) is 18.3 Å². The lowest BCUT2D eigenvalue weighted by Gasteiger charge is -2.19. The van der Waals surface area contributed by atoms with E-state index in [0.29, 0.717) is 19.7 Å². The van der Waals surface area contributed by atoms with Crippen molar-refractivity contribution < 1.29 is 4.74 Å². The van der Waals surface area contributed by atoms with Crippen LogP contribution in [-0.4, -0.2) is 31.1 Å². The predicted octanol–water partition coefficient (Wildman–Crippen LogP) is 4.11. The number of halogens is 1. The lowest BCUT2D eigenvalue weighted by molar-refractivity contribution is 0.321. The molecule has 0 saturated heterocycles. The van der Waals surface area contributed by atoms with E-state index in [1.165, 1.54) is 10.4 Å². The van der Waals surface area contributed by atoms with Crippen molar-refractivity contribution in [3.05, 3.63) is 45.9 Å². The van der Waals surface area contributed by atoms with Crippen LogP contribution in [0.25, 0.3) is 0 Å². The number of aryl methyl sites for hydroxylation is 1. The maximum Gasteiger partial charge on any atom is 0.191 e. The van der Waals surface area contributed by atoms with Gasteiger partial charge in [-0.25, -0.2) is 4.98 Å². The van der Waals surface area contributed by atoms with Gasteiger partial charge in [-0.3, -0.25) is 4.99 Å². The molecular formula is C19H29IN4OS. The number of nitrogens with one attached hydrogen (secondary N) is 2. The van der Waals surface area contributed by atoms with Crippen LogP contribution in [0.2, 0.25) is 0 Å². The zero-order chi connectivity index (χ0) is 18.3. The third kappa shape index (κ3) is 7.49. The van der Waals surface area contributed by atoms with Crippen molar-refractivity contribution >= 4 is 41.3 Å². The molecule has 2 rings (SSSR count). The maximum atomic E-state index is 5.78. The second-order valence-electron chi connectivity index (χ2n) is 6.84. The number of ether oxygens (including phenoxy) is 1. The molecule has 0 amide bonds. The molecule has 2 aromatic rings. The van der Waals surface area contributed by atoms with E-state index in [-0.39, 0.29) is 29.4 Å². The summed E-state index contributed by atoms with van der Waals surface area (Å²) in [6.07, 6.45) is 1.89. The van der Waals surface area contributed by atoms with Crippen molar-refractivity contribution in [3.8, 4) is 5.75 Å². The summed E-state index contributed by atoms with van der Waals surface area (Å²) < 4.78 is 5.78.